The first kappa shape index (κ1) is 22.1. The lowest BCUT2D eigenvalue weighted by atomic mass is 9.76. The number of likely N-dealkylation sites (tertiary alicyclic amines) is 1. The molecule has 2 heterocycles. The number of rotatable bonds is 6. The van der Waals surface area contributed by atoms with Gasteiger partial charge in [0.25, 0.3) is 0 Å². The van der Waals surface area contributed by atoms with E-state index in [1.165, 1.54) is 30.5 Å². The number of hydrogen-bond acceptors (Lipinski definition) is 3. The molecular formula is C27H32FN3O2. The molecule has 3 fully saturated rings. The van der Waals surface area contributed by atoms with Crippen molar-refractivity contribution in [2.75, 3.05) is 29.9 Å². The van der Waals surface area contributed by atoms with Gasteiger partial charge < -0.3 is 10.2 Å². The molecule has 2 amide bonds. The van der Waals surface area contributed by atoms with E-state index < -0.39 is 0 Å². The highest BCUT2D eigenvalue weighted by Gasteiger charge is 2.49. The van der Waals surface area contributed by atoms with Crippen LogP contribution in [0.3, 0.4) is 0 Å². The van der Waals surface area contributed by atoms with Crippen molar-refractivity contribution in [3.8, 4) is 0 Å². The normalized spacial score (nSPS) is 21.4. The molecule has 5 rings (SSSR count). The molecule has 2 aromatic rings. The molecule has 174 valence electrons. The molecule has 1 saturated carbocycles. The van der Waals surface area contributed by atoms with Gasteiger partial charge in [-0.15, -0.1) is 0 Å². The second-order valence-corrected chi connectivity index (χ2v) is 9.81. The zero-order chi connectivity index (χ0) is 23.0. The lowest BCUT2D eigenvalue weighted by Gasteiger charge is -2.40. The summed E-state index contributed by atoms with van der Waals surface area (Å²) in [6.07, 6.45) is 5.69. The molecule has 1 unspecified atom stereocenters. The maximum Gasteiger partial charge on any atom is 0.241 e. The van der Waals surface area contributed by atoms with E-state index in [0.717, 1.165) is 50.5 Å². The van der Waals surface area contributed by atoms with Gasteiger partial charge in [0.2, 0.25) is 11.8 Å². The van der Waals surface area contributed by atoms with E-state index in [2.05, 4.69) is 34.5 Å². The first-order valence-electron chi connectivity index (χ1n) is 12.2. The Morgan fingerprint density at radius 1 is 1.03 bits per heavy atom. The Labute approximate surface area is 195 Å². The number of hydrogen-bond donors (Lipinski definition) is 1. The minimum atomic E-state index is -0.324. The Balaban J connectivity index is 1.20. The fraction of sp³-hybridized carbons (Fsp3) is 0.481. The summed E-state index contributed by atoms with van der Waals surface area (Å²) in [4.78, 5) is 30.5. The predicted octanol–water partition coefficient (Wildman–Crippen LogP) is 4.94. The number of benzene rings is 2. The van der Waals surface area contributed by atoms with Crippen molar-refractivity contribution in [3.63, 3.8) is 0 Å². The van der Waals surface area contributed by atoms with E-state index in [4.69, 9.17) is 0 Å². The molecule has 0 bridgehead atoms. The average Bonchev–Trinajstić information content (AvgIpc) is 3.63. The molecule has 6 heteroatoms. The van der Waals surface area contributed by atoms with Crippen LogP contribution in [0.1, 0.15) is 56.9 Å². The van der Waals surface area contributed by atoms with Gasteiger partial charge in [-0.2, -0.15) is 0 Å². The molecule has 2 aromatic carbocycles. The van der Waals surface area contributed by atoms with Gasteiger partial charge in [-0.25, -0.2) is 4.39 Å². The zero-order valence-corrected chi connectivity index (χ0v) is 19.2. The van der Waals surface area contributed by atoms with Crippen LogP contribution in [0.5, 0.6) is 0 Å². The summed E-state index contributed by atoms with van der Waals surface area (Å²) in [5, 5.41) is 2.91. The SMILES string of the molecule is CCC(C(=O)Nc1ccc(F)cc1)N1CCC2(CCN(c3ccc(C4CC4)cc3)C2=O)CC1. The van der Waals surface area contributed by atoms with Crippen molar-refractivity contribution < 1.29 is 14.0 Å². The maximum atomic E-state index is 13.5. The topological polar surface area (TPSA) is 52.7 Å². The summed E-state index contributed by atoms with van der Waals surface area (Å²) in [6, 6.07) is 14.2. The van der Waals surface area contributed by atoms with E-state index in [1.54, 1.807) is 12.1 Å². The summed E-state index contributed by atoms with van der Waals surface area (Å²) in [7, 11) is 0. The Morgan fingerprint density at radius 3 is 2.27 bits per heavy atom. The number of halogens is 1. The van der Waals surface area contributed by atoms with Gasteiger partial charge in [0, 0.05) is 17.9 Å². The van der Waals surface area contributed by atoms with Crippen LogP contribution in [0.4, 0.5) is 15.8 Å². The molecule has 0 radical (unpaired) electrons. The van der Waals surface area contributed by atoms with E-state index in [9.17, 15) is 14.0 Å². The zero-order valence-electron chi connectivity index (χ0n) is 19.2. The van der Waals surface area contributed by atoms with Crippen LogP contribution in [-0.4, -0.2) is 42.4 Å². The third-order valence-electron chi connectivity index (χ3n) is 7.76. The van der Waals surface area contributed by atoms with Gasteiger partial charge in [-0.3, -0.25) is 14.5 Å². The number of nitrogens with zero attached hydrogens (tertiary/aromatic N) is 2. The Hall–Kier alpha value is -2.73. The van der Waals surface area contributed by atoms with Gasteiger partial charge in [-0.1, -0.05) is 19.1 Å². The van der Waals surface area contributed by atoms with Gasteiger partial charge in [0.1, 0.15) is 5.82 Å². The lowest BCUT2D eigenvalue weighted by molar-refractivity contribution is -0.129. The molecule has 5 nitrogen and oxygen atoms in total. The Morgan fingerprint density at radius 2 is 1.67 bits per heavy atom. The largest absolute Gasteiger partial charge is 0.325 e. The van der Waals surface area contributed by atoms with Crippen LogP contribution in [0, 0.1) is 11.2 Å². The summed E-state index contributed by atoms with van der Waals surface area (Å²) in [6.45, 7) is 4.24. The third-order valence-corrected chi connectivity index (χ3v) is 7.76. The molecular weight excluding hydrogens is 417 g/mol. The van der Waals surface area contributed by atoms with Gasteiger partial charge in [0.15, 0.2) is 0 Å². The molecule has 3 aliphatic rings. The fourth-order valence-corrected chi connectivity index (χ4v) is 5.51. The highest BCUT2D eigenvalue weighted by atomic mass is 19.1. The molecule has 1 atom stereocenters. The van der Waals surface area contributed by atoms with E-state index >= 15 is 0 Å². The number of carbonyl (C=O) groups is 2. The highest BCUT2D eigenvalue weighted by molar-refractivity contribution is 6.00. The minimum absolute atomic E-state index is 0.0739. The first-order valence-corrected chi connectivity index (χ1v) is 12.2. The molecule has 0 aromatic heterocycles. The first-order chi connectivity index (χ1) is 16.0. The van der Waals surface area contributed by atoms with Crippen LogP contribution < -0.4 is 10.2 Å². The number of carbonyl (C=O) groups excluding carboxylic acids is 2. The summed E-state index contributed by atoms with van der Waals surface area (Å²) in [5.41, 5.74) is 2.69. The summed E-state index contributed by atoms with van der Waals surface area (Å²) < 4.78 is 13.2. The van der Waals surface area contributed by atoms with Crippen LogP contribution in [-0.2, 0) is 9.59 Å². The number of piperidine rings is 1. The van der Waals surface area contributed by atoms with Crippen LogP contribution in [0.25, 0.3) is 0 Å². The van der Waals surface area contributed by atoms with E-state index in [-0.39, 0.29) is 29.1 Å². The maximum absolute atomic E-state index is 13.5. The van der Waals surface area contributed by atoms with Crippen molar-refractivity contribution in [1.82, 2.24) is 4.90 Å². The average molecular weight is 450 g/mol. The van der Waals surface area contributed by atoms with Gasteiger partial charge >= 0.3 is 0 Å². The molecule has 1 N–H and O–H groups in total. The quantitative estimate of drug-likeness (QED) is 0.680. The van der Waals surface area contributed by atoms with Crippen LogP contribution in [0.2, 0.25) is 0 Å². The Bertz CT molecular complexity index is 1010. The van der Waals surface area contributed by atoms with Gasteiger partial charge in [0.05, 0.1) is 11.5 Å². The minimum Gasteiger partial charge on any atom is -0.325 e. The lowest BCUT2D eigenvalue weighted by Crippen LogP contribution is -2.51. The van der Waals surface area contributed by atoms with E-state index in [1.807, 2.05) is 11.8 Å². The van der Waals surface area contributed by atoms with Crippen molar-refractivity contribution in [3.05, 3.63) is 59.9 Å². The standard InChI is InChI=1S/C27H32FN3O2/c1-2-24(25(32)29-22-9-7-21(28)8-10-22)30-16-13-27(14-17-30)15-18-31(26(27)33)23-11-5-20(6-12-23)19-3-4-19/h5-12,19,24H,2-4,13-18H2,1H3,(H,29,32). The summed E-state index contributed by atoms with van der Waals surface area (Å²) >= 11 is 0. The monoisotopic (exact) mass is 449 g/mol. The number of anilines is 2. The smallest absolute Gasteiger partial charge is 0.241 e. The number of amides is 2. The molecule has 1 spiro atoms. The van der Waals surface area contributed by atoms with Crippen LogP contribution in [0.15, 0.2) is 48.5 Å². The van der Waals surface area contributed by atoms with Gasteiger partial charge in [-0.05, 0) is 99.5 Å². The number of nitrogens with one attached hydrogen (secondary N) is 1. The van der Waals surface area contributed by atoms with E-state index in [0.29, 0.717) is 12.1 Å². The second-order valence-electron chi connectivity index (χ2n) is 9.81. The molecule has 1 aliphatic carbocycles. The fourth-order valence-electron chi connectivity index (χ4n) is 5.51. The third kappa shape index (κ3) is 4.41. The van der Waals surface area contributed by atoms with Crippen molar-refractivity contribution in [1.29, 1.82) is 0 Å². The van der Waals surface area contributed by atoms with Crippen molar-refractivity contribution in [2.24, 2.45) is 5.41 Å². The molecule has 2 aliphatic heterocycles. The highest BCUT2D eigenvalue weighted by Crippen LogP contribution is 2.44. The predicted molar refractivity (Wildman–Crippen MR) is 128 cm³/mol. The van der Waals surface area contributed by atoms with Crippen LogP contribution >= 0.6 is 0 Å². The molecule has 2 saturated heterocycles. The summed E-state index contributed by atoms with van der Waals surface area (Å²) in [5.74, 6) is 0.562. The van der Waals surface area contributed by atoms with Crippen molar-refractivity contribution >= 4 is 23.2 Å². The molecule has 33 heavy (non-hydrogen) atoms. The second kappa shape index (κ2) is 8.90. The Kier molecular flexibility index (Phi) is 5.95. The van der Waals surface area contributed by atoms with Crippen molar-refractivity contribution in [2.45, 2.75) is 57.4 Å².